The number of hydrogen-bond donors (Lipinski definition) is 1. The molecule has 108 valence electrons. The Bertz CT molecular complexity index is 822. The van der Waals surface area contributed by atoms with Crippen LogP contribution in [0.2, 0.25) is 10.0 Å². The third kappa shape index (κ3) is 2.55. The number of thiophene rings is 1. The summed E-state index contributed by atoms with van der Waals surface area (Å²) in [5.41, 5.74) is 2.21. The van der Waals surface area contributed by atoms with Crippen LogP contribution in [-0.4, -0.2) is 10.5 Å². The molecule has 3 nitrogen and oxygen atoms in total. The molecule has 3 aromatic rings. The van der Waals surface area contributed by atoms with Gasteiger partial charge >= 0.3 is 0 Å². The molecular formula is C15H12Cl2N2OS. The number of nitrogens with one attached hydrogen (secondary N) is 1. The van der Waals surface area contributed by atoms with E-state index in [4.69, 9.17) is 23.2 Å². The molecule has 2 aromatic heterocycles. The number of carbonyl (C=O) groups excluding carboxylic acids is 1. The van der Waals surface area contributed by atoms with Gasteiger partial charge in [-0.1, -0.05) is 29.3 Å². The molecule has 0 radical (unpaired) electrons. The van der Waals surface area contributed by atoms with Gasteiger partial charge < -0.3 is 9.88 Å². The van der Waals surface area contributed by atoms with Gasteiger partial charge in [-0.2, -0.15) is 0 Å². The molecule has 0 bridgehead atoms. The second kappa shape index (κ2) is 5.72. The average molecular weight is 339 g/mol. The standard InChI is InChI=1S/C15H12Cl2N2OS/c1-2-19-11-6-7-21-13(11)8-12(19)15(20)18-10-5-3-4-9(16)14(10)17/h3-8H,2H2,1H3,(H,18,20). The van der Waals surface area contributed by atoms with Crippen molar-refractivity contribution in [2.75, 3.05) is 5.32 Å². The van der Waals surface area contributed by atoms with Crippen molar-refractivity contribution in [2.45, 2.75) is 13.5 Å². The number of fused-ring (bicyclic) bond motifs is 1. The maximum absolute atomic E-state index is 12.5. The molecule has 0 unspecified atom stereocenters. The number of amides is 1. The molecule has 0 aliphatic heterocycles. The Balaban J connectivity index is 1.97. The predicted molar refractivity (Wildman–Crippen MR) is 89.9 cm³/mol. The van der Waals surface area contributed by atoms with Crippen molar-refractivity contribution in [1.82, 2.24) is 4.57 Å². The van der Waals surface area contributed by atoms with Gasteiger partial charge in [0.25, 0.3) is 5.91 Å². The summed E-state index contributed by atoms with van der Waals surface area (Å²) in [6.07, 6.45) is 0. The van der Waals surface area contributed by atoms with Crippen LogP contribution in [0.15, 0.2) is 35.7 Å². The van der Waals surface area contributed by atoms with Gasteiger partial charge in [0.05, 0.1) is 25.9 Å². The molecule has 0 aliphatic carbocycles. The van der Waals surface area contributed by atoms with Crippen LogP contribution in [0.1, 0.15) is 17.4 Å². The van der Waals surface area contributed by atoms with Gasteiger partial charge in [-0.25, -0.2) is 0 Å². The number of aryl methyl sites for hydroxylation is 1. The zero-order valence-corrected chi connectivity index (χ0v) is 13.5. The zero-order valence-electron chi connectivity index (χ0n) is 11.2. The fourth-order valence-electron chi connectivity index (χ4n) is 2.29. The first kappa shape index (κ1) is 14.4. The van der Waals surface area contributed by atoms with Gasteiger partial charge in [0.1, 0.15) is 5.69 Å². The number of hydrogen-bond acceptors (Lipinski definition) is 2. The lowest BCUT2D eigenvalue weighted by Gasteiger charge is -2.10. The van der Waals surface area contributed by atoms with Gasteiger partial charge in [-0.3, -0.25) is 4.79 Å². The predicted octanol–water partition coefficient (Wildman–Crippen LogP) is 5.28. The van der Waals surface area contributed by atoms with E-state index in [9.17, 15) is 4.79 Å². The van der Waals surface area contributed by atoms with Crippen LogP contribution in [0, 0.1) is 0 Å². The SMILES string of the molecule is CCn1c(C(=O)Nc2cccc(Cl)c2Cl)cc2sccc21. The molecule has 3 rings (SSSR count). The van der Waals surface area contributed by atoms with Gasteiger partial charge in [-0.05, 0) is 36.6 Å². The number of nitrogens with zero attached hydrogens (tertiary/aromatic N) is 1. The normalized spacial score (nSPS) is 11.0. The van der Waals surface area contributed by atoms with E-state index in [1.807, 2.05) is 29.0 Å². The highest BCUT2D eigenvalue weighted by Crippen LogP contribution is 2.31. The summed E-state index contributed by atoms with van der Waals surface area (Å²) in [5.74, 6) is -0.190. The number of aromatic nitrogens is 1. The van der Waals surface area contributed by atoms with Crippen LogP contribution in [0.4, 0.5) is 5.69 Å². The Hall–Kier alpha value is -1.49. The van der Waals surface area contributed by atoms with Crippen LogP contribution in [-0.2, 0) is 6.54 Å². The molecule has 0 fully saturated rings. The second-order valence-electron chi connectivity index (χ2n) is 4.50. The van der Waals surface area contributed by atoms with E-state index in [0.29, 0.717) is 21.4 Å². The van der Waals surface area contributed by atoms with Crippen molar-refractivity contribution in [3.63, 3.8) is 0 Å². The molecule has 0 aliphatic rings. The third-order valence-electron chi connectivity index (χ3n) is 3.27. The van der Waals surface area contributed by atoms with Crippen molar-refractivity contribution in [3.05, 3.63) is 51.5 Å². The van der Waals surface area contributed by atoms with Crippen molar-refractivity contribution >= 4 is 56.3 Å². The van der Waals surface area contributed by atoms with E-state index < -0.39 is 0 Å². The van der Waals surface area contributed by atoms with Crippen LogP contribution in [0.5, 0.6) is 0 Å². The first-order valence-corrected chi connectivity index (χ1v) is 8.07. The minimum atomic E-state index is -0.190. The Morgan fingerprint density at radius 3 is 2.90 bits per heavy atom. The number of carbonyl (C=O) groups is 1. The highest BCUT2D eigenvalue weighted by Gasteiger charge is 2.17. The minimum absolute atomic E-state index is 0.190. The number of rotatable bonds is 3. The van der Waals surface area contributed by atoms with E-state index in [2.05, 4.69) is 5.32 Å². The highest BCUT2D eigenvalue weighted by atomic mass is 35.5. The summed E-state index contributed by atoms with van der Waals surface area (Å²) < 4.78 is 3.08. The first-order chi connectivity index (χ1) is 10.1. The molecule has 2 heterocycles. The van der Waals surface area contributed by atoms with E-state index in [1.54, 1.807) is 29.5 Å². The quantitative estimate of drug-likeness (QED) is 0.692. The minimum Gasteiger partial charge on any atom is -0.336 e. The first-order valence-electron chi connectivity index (χ1n) is 6.44. The lowest BCUT2D eigenvalue weighted by atomic mass is 10.3. The number of anilines is 1. The van der Waals surface area contributed by atoms with Crippen molar-refractivity contribution in [3.8, 4) is 0 Å². The zero-order chi connectivity index (χ0) is 15.0. The lowest BCUT2D eigenvalue weighted by Crippen LogP contribution is -2.16. The third-order valence-corrected chi connectivity index (χ3v) is 4.94. The van der Waals surface area contributed by atoms with Crippen molar-refractivity contribution in [2.24, 2.45) is 0 Å². The van der Waals surface area contributed by atoms with Crippen molar-refractivity contribution in [1.29, 1.82) is 0 Å². The van der Waals surface area contributed by atoms with E-state index in [1.165, 1.54) is 0 Å². The van der Waals surface area contributed by atoms with E-state index in [-0.39, 0.29) is 5.91 Å². The second-order valence-corrected chi connectivity index (χ2v) is 6.23. The summed E-state index contributed by atoms with van der Waals surface area (Å²) >= 11 is 13.7. The van der Waals surface area contributed by atoms with Crippen LogP contribution in [0.3, 0.4) is 0 Å². The lowest BCUT2D eigenvalue weighted by molar-refractivity contribution is 0.101. The van der Waals surface area contributed by atoms with Gasteiger partial charge in [0.2, 0.25) is 0 Å². The molecule has 6 heteroatoms. The maximum atomic E-state index is 12.5. The summed E-state index contributed by atoms with van der Waals surface area (Å²) in [7, 11) is 0. The monoisotopic (exact) mass is 338 g/mol. The Kier molecular flexibility index (Phi) is 3.93. The number of halogens is 2. The molecule has 1 aromatic carbocycles. The van der Waals surface area contributed by atoms with Crippen LogP contribution in [0.25, 0.3) is 10.2 Å². The summed E-state index contributed by atoms with van der Waals surface area (Å²) in [6.45, 7) is 2.74. The molecule has 0 saturated heterocycles. The molecule has 0 spiro atoms. The Labute approximate surface area is 136 Å². The van der Waals surface area contributed by atoms with Crippen molar-refractivity contribution < 1.29 is 4.79 Å². The average Bonchev–Trinajstić information content (AvgIpc) is 3.03. The van der Waals surface area contributed by atoms with Gasteiger partial charge in [0.15, 0.2) is 0 Å². The van der Waals surface area contributed by atoms with Gasteiger partial charge in [0, 0.05) is 6.54 Å². The molecule has 1 N–H and O–H groups in total. The summed E-state index contributed by atoms with van der Waals surface area (Å²) in [6, 6.07) is 9.09. The maximum Gasteiger partial charge on any atom is 0.272 e. The fourth-order valence-corrected chi connectivity index (χ4v) is 3.46. The van der Waals surface area contributed by atoms with E-state index >= 15 is 0 Å². The van der Waals surface area contributed by atoms with E-state index in [0.717, 1.165) is 16.8 Å². The van der Waals surface area contributed by atoms with Crippen LogP contribution >= 0.6 is 34.5 Å². The fraction of sp³-hybridized carbons (Fsp3) is 0.133. The van der Waals surface area contributed by atoms with Crippen LogP contribution < -0.4 is 5.32 Å². The molecule has 21 heavy (non-hydrogen) atoms. The molecule has 0 atom stereocenters. The highest BCUT2D eigenvalue weighted by molar-refractivity contribution is 7.17. The molecule has 1 amide bonds. The largest absolute Gasteiger partial charge is 0.336 e. The Morgan fingerprint density at radius 1 is 1.33 bits per heavy atom. The van der Waals surface area contributed by atoms with Gasteiger partial charge in [-0.15, -0.1) is 11.3 Å². The topological polar surface area (TPSA) is 34.0 Å². The molecular weight excluding hydrogens is 327 g/mol. The smallest absolute Gasteiger partial charge is 0.272 e. The molecule has 0 saturated carbocycles. The Morgan fingerprint density at radius 2 is 2.14 bits per heavy atom. The number of benzene rings is 1. The summed E-state index contributed by atoms with van der Waals surface area (Å²) in [4.78, 5) is 12.5. The summed E-state index contributed by atoms with van der Waals surface area (Å²) in [5, 5.41) is 5.61.